The molecule has 0 atom stereocenters. The van der Waals surface area contributed by atoms with Gasteiger partial charge in [-0.1, -0.05) is 19.1 Å². The second-order valence-corrected chi connectivity index (χ2v) is 5.32. The molecular weight excluding hydrogens is 244 g/mol. The fourth-order valence-electron chi connectivity index (χ4n) is 1.54. The summed E-state index contributed by atoms with van der Waals surface area (Å²) < 4.78 is 10.7. The van der Waals surface area contributed by atoms with Gasteiger partial charge in [-0.05, 0) is 43.2 Å². The van der Waals surface area contributed by atoms with Crippen LogP contribution in [-0.2, 0) is 10.5 Å². The van der Waals surface area contributed by atoms with E-state index in [1.165, 1.54) is 17.7 Å². The maximum Gasteiger partial charge on any atom is 0.135 e. The first kappa shape index (κ1) is 15.0. The predicted octanol–water partition coefficient (Wildman–Crippen LogP) is 4.52. The van der Waals surface area contributed by atoms with Crippen LogP contribution >= 0.6 is 11.8 Å². The molecule has 1 aromatic carbocycles. The summed E-state index contributed by atoms with van der Waals surface area (Å²) in [5, 5.41) is 0. The van der Waals surface area contributed by atoms with Gasteiger partial charge in [-0.2, -0.15) is 11.8 Å². The maximum absolute atomic E-state index is 5.76. The van der Waals surface area contributed by atoms with Crippen molar-refractivity contribution in [3.8, 4) is 5.75 Å². The standard InChI is InChI=1S/C15H22O2S/c1-5-8-18-11-14-7-6-12(2)15(9-14)17-13(3)10-16-4/h6-7,9-10H,5,8,11H2,1-4H3/b13-10+. The SMILES string of the molecule is CCCSCc1ccc(C)c(O/C(C)=C/OC)c1. The summed E-state index contributed by atoms with van der Waals surface area (Å²) in [6.07, 6.45) is 2.83. The highest BCUT2D eigenvalue weighted by Crippen LogP contribution is 2.24. The first-order valence-corrected chi connectivity index (χ1v) is 7.37. The van der Waals surface area contributed by atoms with Gasteiger partial charge < -0.3 is 9.47 Å². The lowest BCUT2D eigenvalue weighted by Crippen LogP contribution is -1.95. The molecule has 2 nitrogen and oxygen atoms in total. The van der Waals surface area contributed by atoms with E-state index in [1.807, 2.05) is 18.7 Å². The quantitative estimate of drug-likeness (QED) is 0.534. The zero-order chi connectivity index (χ0) is 13.4. The molecule has 0 N–H and O–H groups in total. The Kier molecular flexibility index (Phi) is 6.73. The van der Waals surface area contributed by atoms with Crippen LogP contribution in [0.15, 0.2) is 30.2 Å². The number of methoxy groups -OCH3 is 1. The minimum absolute atomic E-state index is 0.763. The maximum atomic E-state index is 5.76. The van der Waals surface area contributed by atoms with Crippen molar-refractivity contribution in [3.63, 3.8) is 0 Å². The van der Waals surface area contributed by atoms with Gasteiger partial charge in [0.05, 0.1) is 7.11 Å². The Labute approximate surface area is 114 Å². The van der Waals surface area contributed by atoms with E-state index in [0.717, 1.165) is 22.8 Å². The average Bonchev–Trinajstić information content (AvgIpc) is 2.34. The number of allylic oxidation sites excluding steroid dienone is 1. The Morgan fingerprint density at radius 3 is 2.83 bits per heavy atom. The van der Waals surface area contributed by atoms with Gasteiger partial charge in [0.1, 0.15) is 17.8 Å². The summed E-state index contributed by atoms with van der Waals surface area (Å²) in [6.45, 7) is 6.15. The highest BCUT2D eigenvalue weighted by molar-refractivity contribution is 7.98. The third-order valence-electron chi connectivity index (χ3n) is 2.42. The third-order valence-corrected chi connectivity index (χ3v) is 3.66. The second kappa shape index (κ2) is 8.09. The van der Waals surface area contributed by atoms with Crippen LogP contribution in [0.3, 0.4) is 0 Å². The van der Waals surface area contributed by atoms with E-state index in [4.69, 9.17) is 9.47 Å². The molecule has 0 amide bonds. The van der Waals surface area contributed by atoms with Crippen LogP contribution in [-0.4, -0.2) is 12.9 Å². The summed E-state index contributed by atoms with van der Waals surface area (Å²) in [5.74, 6) is 3.92. The van der Waals surface area contributed by atoms with Crippen LogP contribution in [0.4, 0.5) is 0 Å². The molecule has 3 heteroatoms. The Hall–Kier alpha value is -1.09. The van der Waals surface area contributed by atoms with Crippen molar-refractivity contribution in [1.29, 1.82) is 0 Å². The fraction of sp³-hybridized carbons (Fsp3) is 0.467. The molecule has 0 aliphatic carbocycles. The van der Waals surface area contributed by atoms with Gasteiger partial charge in [0.2, 0.25) is 0 Å². The molecule has 0 aliphatic heterocycles. The van der Waals surface area contributed by atoms with Crippen LogP contribution < -0.4 is 4.74 Å². The van der Waals surface area contributed by atoms with E-state index in [-0.39, 0.29) is 0 Å². The highest BCUT2D eigenvalue weighted by atomic mass is 32.2. The van der Waals surface area contributed by atoms with Crippen LogP contribution in [0.2, 0.25) is 0 Å². The van der Waals surface area contributed by atoms with Gasteiger partial charge in [-0.25, -0.2) is 0 Å². The lowest BCUT2D eigenvalue weighted by molar-refractivity contribution is 0.304. The minimum atomic E-state index is 0.763. The van der Waals surface area contributed by atoms with Crippen LogP contribution in [0.5, 0.6) is 5.75 Å². The molecule has 1 rings (SSSR count). The van der Waals surface area contributed by atoms with E-state index >= 15 is 0 Å². The van der Waals surface area contributed by atoms with E-state index in [9.17, 15) is 0 Å². The molecule has 0 saturated heterocycles. The Balaban J connectivity index is 2.71. The number of ether oxygens (including phenoxy) is 2. The molecule has 100 valence electrons. The first-order chi connectivity index (χ1) is 8.67. The van der Waals surface area contributed by atoms with Crippen LogP contribution in [0.1, 0.15) is 31.4 Å². The van der Waals surface area contributed by atoms with E-state index in [2.05, 4.69) is 32.0 Å². The van der Waals surface area contributed by atoms with Gasteiger partial charge in [-0.3, -0.25) is 0 Å². The van der Waals surface area contributed by atoms with Crippen LogP contribution in [0, 0.1) is 6.92 Å². The van der Waals surface area contributed by atoms with Gasteiger partial charge >= 0.3 is 0 Å². The van der Waals surface area contributed by atoms with Gasteiger partial charge in [-0.15, -0.1) is 0 Å². The minimum Gasteiger partial charge on any atom is -0.501 e. The normalized spacial score (nSPS) is 11.4. The lowest BCUT2D eigenvalue weighted by Gasteiger charge is -2.10. The molecular formula is C15H22O2S. The van der Waals surface area contributed by atoms with Crippen LogP contribution in [0.25, 0.3) is 0 Å². The van der Waals surface area contributed by atoms with Crippen molar-refractivity contribution < 1.29 is 9.47 Å². The average molecular weight is 266 g/mol. The molecule has 1 aromatic rings. The van der Waals surface area contributed by atoms with Gasteiger partial charge in [0.15, 0.2) is 0 Å². The largest absolute Gasteiger partial charge is 0.501 e. The summed E-state index contributed by atoms with van der Waals surface area (Å²) in [4.78, 5) is 0. The topological polar surface area (TPSA) is 18.5 Å². The molecule has 0 saturated carbocycles. The summed E-state index contributed by atoms with van der Waals surface area (Å²) >= 11 is 1.96. The van der Waals surface area contributed by atoms with E-state index < -0.39 is 0 Å². The summed E-state index contributed by atoms with van der Waals surface area (Å²) in [5.41, 5.74) is 2.45. The Morgan fingerprint density at radius 2 is 2.17 bits per heavy atom. The molecule has 0 aliphatic rings. The monoisotopic (exact) mass is 266 g/mol. The molecule has 0 spiro atoms. The van der Waals surface area contributed by atoms with Crippen molar-refractivity contribution in [3.05, 3.63) is 41.3 Å². The second-order valence-electron chi connectivity index (χ2n) is 4.22. The highest BCUT2D eigenvalue weighted by Gasteiger charge is 2.03. The first-order valence-electron chi connectivity index (χ1n) is 6.22. The smallest absolute Gasteiger partial charge is 0.135 e. The Morgan fingerprint density at radius 1 is 1.39 bits per heavy atom. The van der Waals surface area contributed by atoms with Gasteiger partial charge in [0.25, 0.3) is 0 Å². The van der Waals surface area contributed by atoms with Gasteiger partial charge in [0, 0.05) is 5.75 Å². The van der Waals surface area contributed by atoms with Crippen molar-refractivity contribution in [2.75, 3.05) is 12.9 Å². The molecule has 0 fully saturated rings. The molecule has 18 heavy (non-hydrogen) atoms. The number of thioether (sulfide) groups is 1. The number of rotatable bonds is 7. The summed E-state index contributed by atoms with van der Waals surface area (Å²) in [7, 11) is 1.62. The molecule has 0 unspecified atom stereocenters. The molecule has 0 aromatic heterocycles. The fourth-order valence-corrected chi connectivity index (χ4v) is 2.39. The van der Waals surface area contributed by atoms with Crippen molar-refractivity contribution in [2.45, 2.75) is 32.9 Å². The number of benzene rings is 1. The number of hydrogen-bond acceptors (Lipinski definition) is 3. The van der Waals surface area contributed by atoms with E-state index in [0.29, 0.717) is 0 Å². The zero-order valence-corrected chi connectivity index (χ0v) is 12.5. The Bertz CT molecular complexity index is 399. The predicted molar refractivity (Wildman–Crippen MR) is 79.0 cm³/mol. The van der Waals surface area contributed by atoms with Crippen molar-refractivity contribution in [1.82, 2.24) is 0 Å². The summed E-state index contributed by atoms with van der Waals surface area (Å²) in [6, 6.07) is 6.39. The lowest BCUT2D eigenvalue weighted by atomic mass is 10.1. The zero-order valence-electron chi connectivity index (χ0n) is 11.7. The van der Waals surface area contributed by atoms with Crippen molar-refractivity contribution >= 4 is 11.8 Å². The number of aryl methyl sites for hydroxylation is 1. The third kappa shape index (κ3) is 5.05. The van der Waals surface area contributed by atoms with E-state index in [1.54, 1.807) is 13.4 Å². The van der Waals surface area contributed by atoms with Crippen molar-refractivity contribution in [2.24, 2.45) is 0 Å². The number of hydrogen-bond donors (Lipinski definition) is 0. The molecule has 0 bridgehead atoms. The molecule has 0 heterocycles. The molecule has 0 radical (unpaired) electrons.